The summed E-state index contributed by atoms with van der Waals surface area (Å²) in [6, 6.07) is 24.4. The molecule has 0 N–H and O–H groups in total. The summed E-state index contributed by atoms with van der Waals surface area (Å²) in [7, 11) is 1.82. The van der Waals surface area contributed by atoms with Crippen LogP contribution in [0.15, 0.2) is 97.3 Å². The van der Waals surface area contributed by atoms with Gasteiger partial charge in [-0.05, 0) is 93.9 Å². The Bertz CT molecular complexity index is 1810. The van der Waals surface area contributed by atoms with Crippen molar-refractivity contribution in [2.75, 3.05) is 33.2 Å². The molecule has 7 nitrogen and oxygen atoms in total. The van der Waals surface area contributed by atoms with Crippen LogP contribution in [0.25, 0.3) is 28.4 Å². The molecule has 0 unspecified atom stereocenters. The number of carbonyl (C=O) groups excluding carboxylic acids is 1. The van der Waals surface area contributed by atoms with E-state index in [1.54, 1.807) is 17.3 Å². The Kier molecular flexibility index (Phi) is 8.75. The van der Waals surface area contributed by atoms with E-state index < -0.39 is 0 Å². The van der Waals surface area contributed by atoms with Gasteiger partial charge in [0.2, 0.25) is 0 Å². The largest absolute Gasteiger partial charge is 0.338 e. The van der Waals surface area contributed by atoms with Gasteiger partial charge in [0, 0.05) is 43.2 Å². The van der Waals surface area contributed by atoms with E-state index in [0.717, 1.165) is 59.1 Å². The summed E-state index contributed by atoms with van der Waals surface area (Å²) in [4.78, 5) is 31.2. The number of rotatable bonds is 9. The van der Waals surface area contributed by atoms with Crippen molar-refractivity contribution in [3.8, 4) is 5.69 Å². The van der Waals surface area contributed by atoms with Crippen molar-refractivity contribution < 1.29 is 4.79 Å². The van der Waals surface area contributed by atoms with Crippen LogP contribution >= 0.6 is 0 Å². The highest BCUT2D eigenvalue weighted by Gasteiger charge is 2.14. The van der Waals surface area contributed by atoms with Gasteiger partial charge in [-0.1, -0.05) is 48.0 Å². The van der Waals surface area contributed by atoms with Gasteiger partial charge in [-0.15, -0.1) is 0 Å². The second-order valence-corrected chi connectivity index (χ2v) is 11.4. The molecule has 1 aliphatic rings. The van der Waals surface area contributed by atoms with Crippen LogP contribution < -0.4 is 0 Å². The molecule has 7 heteroatoms. The average Bonchev–Trinajstić information content (AvgIpc) is 3.69. The molecule has 6 rings (SSSR count). The van der Waals surface area contributed by atoms with Crippen molar-refractivity contribution >= 4 is 28.6 Å². The Morgan fingerprint density at radius 2 is 1.66 bits per heavy atom. The first-order chi connectivity index (χ1) is 21.5. The van der Waals surface area contributed by atoms with Crippen molar-refractivity contribution in [1.29, 1.82) is 0 Å². The number of fused-ring (bicyclic) bond motifs is 1. The lowest BCUT2D eigenvalue weighted by atomic mass is 10.00. The molecule has 222 valence electrons. The Labute approximate surface area is 259 Å². The zero-order valence-electron chi connectivity index (χ0n) is 25.6. The van der Waals surface area contributed by atoms with Crippen LogP contribution in [-0.2, 0) is 0 Å². The molecular formula is C37H38N6O. The first-order valence-corrected chi connectivity index (χ1v) is 15.2. The van der Waals surface area contributed by atoms with E-state index in [9.17, 15) is 4.79 Å². The van der Waals surface area contributed by atoms with Gasteiger partial charge in [0.15, 0.2) is 0 Å². The fourth-order valence-corrected chi connectivity index (χ4v) is 5.75. The molecule has 44 heavy (non-hydrogen) atoms. The Hall–Kier alpha value is -4.88. The van der Waals surface area contributed by atoms with Crippen molar-refractivity contribution in [2.45, 2.75) is 26.7 Å². The van der Waals surface area contributed by atoms with Crippen molar-refractivity contribution in [2.24, 2.45) is 0 Å². The van der Waals surface area contributed by atoms with E-state index >= 15 is 0 Å². The molecule has 3 aromatic heterocycles. The molecule has 0 saturated carbocycles. The lowest BCUT2D eigenvalue weighted by Crippen LogP contribution is -2.26. The normalized spacial score (nSPS) is 14.1. The first-order valence-electron chi connectivity index (χ1n) is 15.2. The van der Waals surface area contributed by atoms with Crippen LogP contribution in [0.4, 0.5) is 0 Å². The average molecular weight is 583 g/mol. The summed E-state index contributed by atoms with van der Waals surface area (Å²) in [6.07, 6.45) is 12.4. The van der Waals surface area contributed by atoms with E-state index in [-0.39, 0.29) is 5.91 Å². The van der Waals surface area contributed by atoms with Gasteiger partial charge in [-0.25, -0.2) is 9.97 Å². The molecule has 5 aromatic rings. The zero-order chi connectivity index (χ0) is 30.5. The minimum Gasteiger partial charge on any atom is -0.338 e. The lowest BCUT2D eigenvalue weighted by Gasteiger charge is -2.16. The maximum Gasteiger partial charge on any atom is 0.253 e. The Balaban J connectivity index is 1.14. The fourth-order valence-electron chi connectivity index (χ4n) is 5.75. The lowest BCUT2D eigenvalue weighted by molar-refractivity contribution is 0.0810. The molecule has 0 radical (unpaired) electrons. The van der Waals surface area contributed by atoms with E-state index in [2.05, 4.69) is 68.8 Å². The van der Waals surface area contributed by atoms with E-state index in [0.29, 0.717) is 12.1 Å². The topological polar surface area (TPSA) is 67.2 Å². The van der Waals surface area contributed by atoms with Crippen LogP contribution in [0.1, 0.15) is 51.5 Å². The standard InChI is InChI=1S/C37H38N6O/c1-27-11-13-29(14-12-27)33(20-25-42-23-4-5-24-42)34-10-6-8-31(40-34)9-7-22-41(3)37(44)30-15-17-32(18-16-30)43-28(2)39-35-26-38-21-19-36(35)43/h6-21,26H,4-5,22-25H2,1-3H3/b9-7+,33-20+. The highest BCUT2D eigenvalue weighted by atomic mass is 16.2. The number of carbonyl (C=O) groups is 1. The molecule has 1 aliphatic heterocycles. The molecule has 0 atom stereocenters. The minimum absolute atomic E-state index is 0.0363. The summed E-state index contributed by atoms with van der Waals surface area (Å²) in [5, 5.41) is 0. The number of nitrogens with zero attached hydrogens (tertiary/aromatic N) is 6. The van der Waals surface area contributed by atoms with Crippen molar-refractivity contribution in [3.05, 3.63) is 131 Å². The van der Waals surface area contributed by atoms with Gasteiger partial charge < -0.3 is 4.90 Å². The highest BCUT2D eigenvalue weighted by Crippen LogP contribution is 2.24. The number of likely N-dealkylation sites (N-methyl/N-ethyl adjacent to an activating group) is 1. The molecule has 1 amide bonds. The summed E-state index contributed by atoms with van der Waals surface area (Å²) in [6.45, 7) is 7.79. The number of aryl methyl sites for hydroxylation is 2. The Morgan fingerprint density at radius 3 is 2.43 bits per heavy atom. The number of hydrogen-bond acceptors (Lipinski definition) is 5. The number of hydrogen-bond donors (Lipinski definition) is 0. The summed E-state index contributed by atoms with van der Waals surface area (Å²) >= 11 is 0. The molecular weight excluding hydrogens is 544 g/mol. The van der Waals surface area contributed by atoms with Gasteiger partial charge in [-0.3, -0.25) is 19.2 Å². The van der Waals surface area contributed by atoms with E-state index in [4.69, 9.17) is 4.98 Å². The summed E-state index contributed by atoms with van der Waals surface area (Å²) < 4.78 is 2.07. The molecule has 0 aliphatic carbocycles. The third-order valence-corrected chi connectivity index (χ3v) is 8.17. The number of aromatic nitrogens is 4. The van der Waals surface area contributed by atoms with E-state index in [1.165, 1.54) is 24.0 Å². The van der Waals surface area contributed by atoms with Gasteiger partial charge in [0.1, 0.15) is 11.3 Å². The number of imidazole rings is 1. The van der Waals surface area contributed by atoms with Gasteiger partial charge in [0.05, 0.1) is 23.1 Å². The van der Waals surface area contributed by atoms with Gasteiger partial charge in [0.25, 0.3) is 5.91 Å². The van der Waals surface area contributed by atoms with Crippen molar-refractivity contribution in [3.63, 3.8) is 0 Å². The van der Waals surface area contributed by atoms with Crippen molar-refractivity contribution in [1.82, 2.24) is 29.3 Å². The second kappa shape index (κ2) is 13.2. The monoisotopic (exact) mass is 582 g/mol. The van der Waals surface area contributed by atoms with Crippen LogP contribution in [0.2, 0.25) is 0 Å². The Morgan fingerprint density at radius 1 is 0.909 bits per heavy atom. The molecule has 1 saturated heterocycles. The number of amides is 1. The maximum absolute atomic E-state index is 13.2. The maximum atomic E-state index is 13.2. The fraction of sp³-hybridized carbons (Fsp3) is 0.243. The smallest absolute Gasteiger partial charge is 0.253 e. The molecule has 0 spiro atoms. The van der Waals surface area contributed by atoms with Gasteiger partial charge >= 0.3 is 0 Å². The number of likely N-dealkylation sites (tertiary alicyclic amines) is 1. The zero-order valence-corrected chi connectivity index (χ0v) is 25.6. The van der Waals surface area contributed by atoms with Crippen LogP contribution in [0.3, 0.4) is 0 Å². The minimum atomic E-state index is -0.0363. The van der Waals surface area contributed by atoms with Gasteiger partial charge in [-0.2, -0.15) is 0 Å². The van der Waals surface area contributed by atoms with E-state index in [1.807, 2.05) is 62.5 Å². The first kappa shape index (κ1) is 29.2. The molecule has 0 bridgehead atoms. The quantitative estimate of drug-likeness (QED) is 0.192. The van der Waals surface area contributed by atoms with Crippen LogP contribution in [0, 0.1) is 13.8 Å². The highest BCUT2D eigenvalue weighted by molar-refractivity contribution is 5.94. The molecule has 2 aromatic carbocycles. The molecule has 4 heterocycles. The van der Waals surface area contributed by atoms with Crippen LogP contribution in [0.5, 0.6) is 0 Å². The third-order valence-electron chi connectivity index (χ3n) is 8.17. The SMILES string of the molecule is Cc1ccc(/C(=C\CN2CCCC2)c2cccc(/C=C/CN(C)C(=O)c3ccc(-n4c(C)nc5cnccc54)cc3)n2)cc1. The summed E-state index contributed by atoms with van der Waals surface area (Å²) in [5.74, 6) is 0.839. The molecule has 1 fully saturated rings. The number of benzene rings is 2. The second-order valence-electron chi connectivity index (χ2n) is 11.4. The third kappa shape index (κ3) is 6.53. The summed E-state index contributed by atoms with van der Waals surface area (Å²) in [5.41, 5.74) is 8.82. The predicted octanol–water partition coefficient (Wildman–Crippen LogP) is 6.75. The predicted molar refractivity (Wildman–Crippen MR) is 178 cm³/mol. The van der Waals surface area contributed by atoms with Crippen LogP contribution in [-0.4, -0.2) is 68.5 Å². The number of pyridine rings is 2.